The smallest absolute Gasteiger partial charge is 0.240 e. The Morgan fingerprint density at radius 2 is 2.04 bits per heavy atom. The number of carbonyl (C=O) groups excluding carboxylic acids is 1. The summed E-state index contributed by atoms with van der Waals surface area (Å²) in [7, 11) is -2.13. The van der Waals surface area contributed by atoms with E-state index in [1.165, 1.54) is 38.8 Å². The molecule has 2 aliphatic rings. The number of amides is 1. The van der Waals surface area contributed by atoms with E-state index in [0.717, 1.165) is 5.92 Å². The first kappa shape index (κ1) is 16.5. The lowest BCUT2D eigenvalue weighted by Crippen LogP contribution is -2.22. The quantitative estimate of drug-likeness (QED) is 0.868. The standard InChI is InChI=1S/C17H24N2O3S/c1-11-3-6-15(10-16(11)23(21,22)18-2)19-17(20)9-14-8-12-4-5-13(14)7-12/h3,6,10,12-14,18H,4-5,7-9H2,1-2H3,(H,19,20)/t12-,13-,14-/m1/s1. The predicted octanol–water partition coefficient (Wildman–Crippen LogP) is 2.67. The highest BCUT2D eigenvalue weighted by Crippen LogP contribution is 2.49. The number of fused-ring (bicyclic) bond motifs is 2. The second kappa shape index (κ2) is 6.24. The molecule has 0 unspecified atom stereocenters. The fourth-order valence-corrected chi connectivity index (χ4v) is 5.15. The molecule has 0 saturated heterocycles. The number of anilines is 1. The van der Waals surface area contributed by atoms with Gasteiger partial charge in [0.1, 0.15) is 0 Å². The van der Waals surface area contributed by atoms with Crippen molar-refractivity contribution in [3.63, 3.8) is 0 Å². The Hall–Kier alpha value is -1.40. The molecule has 2 bridgehead atoms. The first-order valence-electron chi connectivity index (χ1n) is 8.23. The van der Waals surface area contributed by atoms with Gasteiger partial charge in [0.15, 0.2) is 0 Å². The van der Waals surface area contributed by atoms with Crippen LogP contribution in [0.1, 0.15) is 37.7 Å². The van der Waals surface area contributed by atoms with Crippen molar-refractivity contribution in [2.75, 3.05) is 12.4 Å². The molecule has 1 aromatic carbocycles. The van der Waals surface area contributed by atoms with Gasteiger partial charge in [-0.05, 0) is 68.7 Å². The molecule has 0 heterocycles. The van der Waals surface area contributed by atoms with E-state index < -0.39 is 10.0 Å². The molecule has 2 N–H and O–H groups in total. The zero-order valence-corrected chi connectivity index (χ0v) is 14.4. The molecule has 0 aliphatic heterocycles. The second-order valence-electron chi connectivity index (χ2n) is 6.88. The molecule has 2 fully saturated rings. The van der Waals surface area contributed by atoms with E-state index in [4.69, 9.17) is 0 Å². The Balaban J connectivity index is 1.68. The minimum atomic E-state index is -3.52. The number of hydrogen-bond acceptors (Lipinski definition) is 3. The molecule has 1 aromatic rings. The summed E-state index contributed by atoms with van der Waals surface area (Å²) in [6.45, 7) is 1.74. The highest BCUT2D eigenvalue weighted by molar-refractivity contribution is 7.89. The molecule has 3 rings (SSSR count). The van der Waals surface area contributed by atoms with Crippen molar-refractivity contribution in [3.8, 4) is 0 Å². The Morgan fingerprint density at radius 3 is 2.65 bits per heavy atom. The highest BCUT2D eigenvalue weighted by Gasteiger charge is 2.40. The predicted molar refractivity (Wildman–Crippen MR) is 89.6 cm³/mol. The van der Waals surface area contributed by atoms with Gasteiger partial charge in [-0.25, -0.2) is 13.1 Å². The summed E-state index contributed by atoms with van der Waals surface area (Å²) >= 11 is 0. The number of aryl methyl sites for hydroxylation is 1. The second-order valence-corrected chi connectivity index (χ2v) is 8.73. The molecule has 0 aromatic heterocycles. The first-order chi connectivity index (χ1) is 10.9. The third kappa shape index (κ3) is 3.43. The van der Waals surface area contributed by atoms with E-state index in [1.54, 1.807) is 19.1 Å². The number of rotatable bonds is 5. The van der Waals surface area contributed by atoms with Crippen LogP contribution in [0.3, 0.4) is 0 Å². The highest BCUT2D eigenvalue weighted by atomic mass is 32.2. The van der Waals surface area contributed by atoms with Gasteiger partial charge in [-0.3, -0.25) is 4.79 Å². The van der Waals surface area contributed by atoms with Gasteiger partial charge >= 0.3 is 0 Å². The molecule has 6 heteroatoms. The Bertz CT molecular complexity index is 715. The summed E-state index contributed by atoms with van der Waals surface area (Å²) in [5.74, 6) is 2.02. The molecule has 2 saturated carbocycles. The summed E-state index contributed by atoms with van der Waals surface area (Å²) in [5, 5.41) is 2.86. The van der Waals surface area contributed by atoms with Crippen LogP contribution >= 0.6 is 0 Å². The molecule has 3 atom stereocenters. The third-order valence-corrected chi connectivity index (χ3v) is 6.92. The van der Waals surface area contributed by atoms with Crippen molar-refractivity contribution in [1.29, 1.82) is 0 Å². The Morgan fingerprint density at radius 1 is 1.26 bits per heavy atom. The fourth-order valence-electron chi connectivity index (χ4n) is 4.15. The summed E-state index contributed by atoms with van der Waals surface area (Å²) in [6.07, 6.45) is 5.59. The van der Waals surface area contributed by atoms with Crippen molar-refractivity contribution < 1.29 is 13.2 Å². The van der Waals surface area contributed by atoms with Crippen LogP contribution in [-0.4, -0.2) is 21.4 Å². The van der Waals surface area contributed by atoms with E-state index >= 15 is 0 Å². The summed E-state index contributed by atoms with van der Waals surface area (Å²) in [6, 6.07) is 5.00. The van der Waals surface area contributed by atoms with Gasteiger partial charge in [0.2, 0.25) is 15.9 Å². The van der Waals surface area contributed by atoms with Gasteiger partial charge in [-0.15, -0.1) is 0 Å². The number of carbonyl (C=O) groups is 1. The molecule has 2 aliphatic carbocycles. The van der Waals surface area contributed by atoms with Crippen LogP contribution in [-0.2, 0) is 14.8 Å². The Labute approximate surface area is 137 Å². The zero-order chi connectivity index (χ0) is 16.6. The molecule has 0 spiro atoms. The van der Waals surface area contributed by atoms with E-state index in [2.05, 4.69) is 10.0 Å². The summed E-state index contributed by atoms with van der Waals surface area (Å²) < 4.78 is 26.3. The van der Waals surface area contributed by atoms with Gasteiger partial charge in [-0.2, -0.15) is 0 Å². The molecular weight excluding hydrogens is 312 g/mol. The minimum Gasteiger partial charge on any atom is -0.326 e. The fraction of sp³-hybridized carbons (Fsp3) is 0.588. The van der Waals surface area contributed by atoms with E-state index in [-0.39, 0.29) is 10.8 Å². The molecule has 5 nitrogen and oxygen atoms in total. The maximum Gasteiger partial charge on any atom is 0.240 e. The van der Waals surface area contributed by atoms with Crippen LogP contribution in [0.4, 0.5) is 5.69 Å². The average Bonchev–Trinajstić information content (AvgIpc) is 3.11. The monoisotopic (exact) mass is 336 g/mol. The van der Waals surface area contributed by atoms with Crippen LogP contribution in [0.5, 0.6) is 0 Å². The first-order valence-corrected chi connectivity index (χ1v) is 9.71. The lowest BCUT2D eigenvalue weighted by atomic mass is 9.86. The number of hydrogen-bond donors (Lipinski definition) is 2. The summed E-state index contributed by atoms with van der Waals surface area (Å²) in [5.41, 5.74) is 1.20. The van der Waals surface area contributed by atoms with Crippen LogP contribution in [0.25, 0.3) is 0 Å². The number of nitrogens with one attached hydrogen (secondary N) is 2. The van der Waals surface area contributed by atoms with Gasteiger partial charge in [0, 0.05) is 12.1 Å². The average molecular weight is 336 g/mol. The van der Waals surface area contributed by atoms with Crippen LogP contribution in [0.15, 0.2) is 23.1 Å². The van der Waals surface area contributed by atoms with Crippen LogP contribution in [0.2, 0.25) is 0 Å². The van der Waals surface area contributed by atoms with Crippen LogP contribution < -0.4 is 10.0 Å². The van der Waals surface area contributed by atoms with Crippen molar-refractivity contribution in [2.45, 2.75) is 43.9 Å². The zero-order valence-electron chi connectivity index (χ0n) is 13.6. The molecule has 126 valence electrons. The van der Waals surface area contributed by atoms with Gasteiger partial charge in [0.25, 0.3) is 0 Å². The maximum atomic E-state index is 12.3. The van der Waals surface area contributed by atoms with Crippen LogP contribution in [0, 0.1) is 24.7 Å². The van der Waals surface area contributed by atoms with Crippen molar-refractivity contribution in [1.82, 2.24) is 4.72 Å². The topological polar surface area (TPSA) is 75.3 Å². The molecule has 0 radical (unpaired) electrons. The van der Waals surface area contributed by atoms with Gasteiger partial charge in [-0.1, -0.05) is 12.5 Å². The Kier molecular flexibility index (Phi) is 4.47. The maximum absolute atomic E-state index is 12.3. The largest absolute Gasteiger partial charge is 0.326 e. The van der Waals surface area contributed by atoms with Crippen molar-refractivity contribution in [3.05, 3.63) is 23.8 Å². The lowest BCUT2D eigenvalue weighted by molar-refractivity contribution is -0.117. The van der Waals surface area contributed by atoms with E-state index in [1.807, 2.05) is 0 Å². The molecule has 1 amide bonds. The normalized spacial score (nSPS) is 26.4. The van der Waals surface area contributed by atoms with Crippen molar-refractivity contribution >= 4 is 21.6 Å². The lowest BCUT2D eigenvalue weighted by Gasteiger charge is -2.21. The third-order valence-electron chi connectivity index (χ3n) is 5.36. The van der Waals surface area contributed by atoms with Gasteiger partial charge < -0.3 is 5.32 Å². The van der Waals surface area contributed by atoms with Gasteiger partial charge in [0.05, 0.1) is 4.90 Å². The van der Waals surface area contributed by atoms with E-state index in [0.29, 0.717) is 29.5 Å². The SMILES string of the molecule is CNS(=O)(=O)c1cc(NC(=O)C[C@H]2C[C@@H]3CC[C@@H]2C3)ccc1C. The molecule has 23 heavy (non-hydrogen) atoms. The van der Waals surface area contributed by atoms with Crippen molar-refractivity contribution in [2.24, 2.45) is 17.8 Å². The number of benzene rings is 1. The minimum absolute atomic E-state index is 0.0146. The van der Waals surface area contributed by atoms with E-state index in [9.17, 15) is 13.2 Å². The number of sulfonamides is 1. The summed E-state index contributed by atoms with van der Waals surface area (Å²) in [4.78, 5) is 12.5. The molecular formula is C17H24N2O3S.